The summed E-state index contributed by atoms with van der Waals surface area (Å²) in [6, 6.07) is 65.5. The van der Waals surface area contributed by atoms with E-state index in [1.165, 1.54) is 33.4 Å². The van der Waals surface area contributed by atoms with Gasteiger partial charge in [-0.3, -0.25) is 0 Å². The Balaban J connectivity index is 1.52. The van der Waals surface area contributed by atoms with Crippen LogP contribution < -0.4 is 0 Å². The molecule has 3 aliphatic heterocycles. The van der Waals surface area contributed by atoms with Crippen molar-refractivity contribution in [2.24, 2.45) is 5.92 Å². The van der Waals surface area contributed by atoms with Gasteiger partial charge < -0.3 is 0 Å². The lowest BCUT2D eigenvalue weighted by Crippen LogP contribution is -2.43. The van der Waals surface area contributed by atoms with E-state index in [1.807, 2.05) is 0 Å². The van der Waals surface area contributed by atoms with Crippen molar-refractivity contribution in [2.75, 3.05) is 0 Å². The van der Waals surface area contributed by atoms with Crippen molar-refractivity contribution < 1.29 is 0 Å². The van der Waals surface area contributed by atoms with Gasteiger partial charge in [-0.15, -0.1) is 16.6 Å². The second-order valence-corrected chi connectivity index (χ2v) is 32.2. The highest BCUT2D eigenvalue weighted by molar-refractivity contribution is 7.81. The molecule has 0 atom stereocenters. The summed E-state index contributed by atoms with van der Waals surface area (Å²) in [5.74, 6) is 11.1. The van der Waals surface area contributed by atoms with Crippen LogP contribution in [0.15, 0.2) is 197 Å². The summed E-state index contributed by atoms with van der Waals surface area (Å²) in [5, 5.41) is 0. The van der Waals surface area contributed by atoms with Crippen LogP contribution in [-0.4, -0.2) is 24.2 Å². The lowest BCUT2D eigenvalue weighted by molar-refractivity contribution is 1.11. The highest BCUT2D eigenvalue weighted by Crippen LogP contribution is 2.78. The predicted molar refractivity (Wildman–Crippen MR) is 263 cm³/mol. The minimum Gasteiger partial charge on any atom is -0.121 e. The van der Waals surface area contributed by atoms with Gasteiger partial charge in [0.15, 0.2) is 24.2 Å². The maximum Gasteiger partial charge on any atom is 0.164 e. The molecular weight excluding hydrogens is 776 g/mol. The Hall–Kier alpha value is -5.70. The van der Waals surface area contributed by atoms with E-state index in [4.69, 9.17) is 0 Å². The molecule has 0 radical (unpaired) electrons. The Kier molecular flexibility index (Phi) is 11.5. The summed E-state index contributed by atoms with van der Waals surface area (Å²) in [7, 11) is -8.67. The number of hydrogen-bond acceptors (Lipinski definition) is 0. The molecule has 0 aromatic heterocycles. The fraction of sp³-hybridized carbons (Fsp3) is 0.127. The minimum atomic E-state index is -2.53. The largest absolute Gasteiger partial charge is 0.164 e. The molecule has 0 amide bonds. The van der Waals surface area contributed by atoms with Gasteiger partial charge in [-0.1, -0.05) is 203 Å². The first-order valence-electron chi connectivity index (χ1n) is 20.5. The van der Waals surface area contributed by atoms with Gasteiger partial charge in [0.25, 0.3) is 0 Å². The first kappa shape index (κ1) is 40.1. The third-order valence-electron chi connectivity index (χ3n) is 11.2. The Morgan fingerprint density at radius 1 is 0.322 bits per heavy atom. The van der Waals surface area contributed by atoms with E-state index < -0.39 is 32.1 Å². The number of benzene rings is 6. The number of hydrogen-bond donors (Lipinski definition) is 0. The average molecular weight is 825 g/mol. The zero-order valence-corrected chi connectivity index (χ0v) is 38.7. The highest BCUT2D eigenvalue weighted by atomic mass is 31.1. The molecular formula is C55H49PSi3. The maximum absolute atomic E-state index is 4.06. The molecule has 9 rings (SSSR count). The molecule has 0 saturated heterocycles. The highest BCUT2D eigenvalue weighted by Gasteiger charge is 2.56. The Labute approximate surface area is 356 Å². The van der Waals surface area contributed by atoms with Gasteiger partial charge in [0.1, 0.15) is 0 Å². The summed E-state index contributed by atoms with van der Waals surface area (Å²) in [6.45, 7) is 15.1. The third kappa shape index (κ3) is 8.30. The summed E-state index contributed by atoms with van der Waals surface area (Å²) in [5.41, 5.74) is 23.7. The standard InChI is InChI=1S/C55H49PSi3/c1-57(2,40-37-43-25-13-7-14-26-43)53-49(46-31-19-10-20-32-46)52-50(47-33-21-11-22-34-47)54(58(3,4)41-38-44-27-15-8-16-28-44)56(53)55(51(52)48-35-23-12-24-36-48)59(5,6)42-39-45-29-17-9-18-30-45/h7-36,52H,1-6H3. The Bertz CT molecular complexity index is 2460. The first-order valence-corrected chi connectivity index (χ1v) is 30.8. The zero-order valence-electron chi connectivity index (χ0n) is 34.8. The molecule has 3 heterocycles. The van der Waals surface area contributed by atoms with Gasteiger partial charge >= 0.3 is 0 Å². The van der Waals surface area contributed by atoms with Crippen LogP contribution in [0.1, 0.15) is 33.4 Å². The molecule has 4 heteroatoms. The fourth-order valence-corrected chi connectivity index (χ4v) is 25.6. The Morgan fingerprint density at radius 3 is 0.780 bits per heavy atom. The molecule has 3 aliphatic rings. The van der Waals surface area contributed by atoms with Crippen molar-refractivity contribution in [1.82, 2.24) is 0 Å². The Morgan fingerprint density at radius 2 is 0.542 bits per heavy atom. The average Bonchev–Trinajstić information content (AvgIpc) is 3.28. The van der Waals surface area contributed by atoms with Crippen LogP contribution in [0, 0.1) is 40.3 Å². The van der Waals surface area contributed by atoms with E-state index in [2.05, 4.69) is 256 Å². The molecule has 0 spiro atoms. The first-order chi connectivity index (χ1) is 28.6. The van der Waals surface area contributed by atoms with Crippen molar-refractivity contribution in [3.8, 4) is 34.4 Å². The van der Waals surface area contributed by atoms with E-state index in [-0.39, 0.29) is 5.92 Å². The van der Waals surface area contributed by atoms with Gasteiger partial charge in [-0.25, -0.2) is 0 Å². The van der Waals surface area contributed by atoms with Crippen molar-refractivity contribution >= 4 is 48.9 Å². The zero-order chi connectivity index (χ0) is 41.0. The fourth-order valence-electron chi connectivity index (χ4n) is 8.58. The summed E-state index contributed by atoms with van der Waals surface area (Å²) < 4.78 is 0. The second kappa shape index (κ2) is 16.9. The van der Waals surface area contributed by atoms with E-state index >= 15 is 0 Å². The SMILES string of the molecule is C[Si](C)(C#Cc1ccccc1)C1=C(c2ccccc2)C2C(c3ccccc3)=C([Si](C)(C)C#Cc3ccccc3)P1C([Si](C)(C)C#Cc1ccccc1)=C2c1ccccc1. The summed E-state index contributed by atoms with van der Waals surface area (Å²) >= 11 is 0. The van der Waals surface area contributed by atoms with Gasteiger partial charge in [0.05, 0.1) is 0 Å². The monoisotopic (exact) mass is 824 g/mol. The van der Waals surface area contributed by atoms with E-state index in [9.17, 15) is 0 Å². The molecule has 6 aromatic rings. The van der Waals surface area contributed by atoms with E-state index in [0.717, 1.165) is 16.7 Å². The topological polar surface area (TPSA) is 0 Å². The van der Waals surface area contributed by atoms with Crippen LogP contribution in [0.25, 0.3) is 16.7 Å². The van der Waals surface area contributed by atoms with Crippen molar-refractivity contribution in [1.29, 1.82) is 0 Å². The second-order valence-electron chi connectivity index (χ2n) is 16.9. The molecule has 0 fully saturated rings. The molecule has 0 saturated carbocycles. The normalized spacial score (nSPS) is 16.4. The predicted octanol–water partition coefficient (Wildman–Crippen LogP) is 13.9. The molecule has 0 N–H and O–H groups in total. The minimum absolute atomic E-state index is 0.0180. The molecule has 6 aromatic carbocycles. The van der Waals surface area contributed by atoms with Crippen LogP contribution in [0.5, 0.6) is 0 Å². The van der Waals surface area contributed by atoms with Crippen molar-refractivity contribution in [3.05, 3.63) is 230 Å². The van der Waals surface area contributed by atoms with Crippen LogP contribution in [0.2, 0.25) is 39.3 Å². The van der Waals surface area contributed by atoms with Gasteiger partial charge in [0, 0.05) is 22.6 Å². The summed E-state index contributed by atoms with van der Waals surface area (Å²) in [6.07, 6.45) is 0. The van der Waals surface area contributed by atoms with Crippen LogP contribution >= 0.6 is 7.92 Å². The van der Waals surface area contributed by atoms with Crippen LogP contribution in [0.4, 0.5) is 0 Å². The summed E-state index contributed by atoms with van der Waals surface area (Å²) in [4.78, 5) is 4.79. The third-order valence-corrected chi connectivity index (χ3v) is 26.9. The number of allylic oxidation sites excluding steroid dienone is 3. The van der Waals surface area contributed by atoms with Gasteiger partial charge in [-0.05, 0) is 92.5 Å². The number of rotatable bonds is 6. The lowest BCUT2D eigenvalue weighted by Gasteiger charge is -2.53. The van der Waals surface area contributed by atoms with E-state index in [1.54, 1.807) is 14.8 Å². The molecule has 59 heavy (non-hydrogen) atoms. The van der Waals surface area contributed by atoms with Crippen molar-refractivity contribution in [3.63, 3.8) is 0 Å². The van der Waals surface area contributed by atoms with Gasteiger partial charge in [-0.2, -0.15) is 0 Å². The lowest BCUT2D eigenvalue weighted by atomic mass is 9.77. The van der Waals surface area contributed by atoms with E-state index in [0.29, 0.717) is 0 Å². The molecule has 0 unspecified atom stereocenters. The van der Waals surface area contributed by atoms with Crippen LogP contribution in [0.3, 0.4) is 0 Å². The van der Waals surface area contributed by atoms with Crippen molar-refractivity contribution in [2.45, 2.75) is 39.3 Å². The molecule has 2 bridgehead atoms. The molecule has 286 valence electrons. The quantitative estimate of drug-likeness (QED) is 0.0892. The van der Waals surface area contributed by atoms with Crippen LogP contribution in [-0.2, 0) is 0 Å². The smallest absolute Gasteiger partial charge is 0.121 e. The maximum atomic E-state index is 4.06. The van der Waals surface area contributed by atoms with Gasteiger partial charge in [0.2, 0.25) is 0 Å². The molecule has 0 nitrogen and oxygen atoms in total. The molecule has 0 aliphatic carbocycles.